The van der Waals surface area contributed by atoms with Gasteiger partial charge in [0.05, 0.1) is 18.8 Å². The highest BCUT2D eigenvalue weighted by Crippen LogP contribution is 2.27. The van der Waals surface area contributed by atoms with E-state index in [1.54, 1.807) is 4.90 Å². The number of nitrogens with zero attached hydrogens (tertiary/aromatic N) is 3. The third kappa shape index (κ3) is 3.75. The van der Waals surface area contributed by atoms with E-state index in [0.29, 0.717) is 12.1 Å². The second-order valence-electron chi connectivity index (χ2n) is 5.97. The molecule has 5 N–H and O–H groups in total. The van der Waals surface area contributed by atoms with Crippen LogP contribution in [0.15, 0.2) is 28.2 Å². The van der Waals surface area contributed by atoms with Crippen LogP contribution in [0.5, 0.6) is 11.5 Å². The highest BCUT2D eigenvalue weighted by Gasteiger charge is 2.37. The molecule has 10 heteroatoms. The molecular weight excluding hydrogens is 342 g/mol. The lowest BCUT2D eigenvalue weighted by atomic mass is 10.1. The van der Waals surface area contributed by atoms with Gasteiger partial charge in [-0.1, -0.05) is 6.07 Å². The van der Waals surface area contributed by atoms with Crippen LogP contribution in [-0.2, 0) is 9.59 Å². The molecule has 2 aliphatic rings. The predicted octanol–water partition coefficient (Wildman–Crippen LogP) is -1.17. The average Bonchev–Trinajstić information content (AvgIpc) is 3.04. The van der Waals surface area contributed by atoms with Gasteiger partial charge < -0.3 is 30.9 Å². The van der Waals surface area contributed by atoms with Gasteiger partial charge in [0, 0.05) is 19.5 Å². The summed E-state index contributed by atoms with van der Waals surface area (Å²) in [7, 11) is 0. The molecular formula is C16H19N5O5. The third-order valence-electron chi connectivity index (χ3n) is 4.17. The lowest BCUT2D eigenvalue weighted by Gasteiger charge is -2.26. The first-order chi connectivity index (χ1) is 12.5. The van der Waals surface area contributed by atoms with E-state index in [-0.39, 0.29) is 36.3 Å². The number of aliphatic imine (C=N–C) groups is 2. The molecule has 2 amide bonds. The number of amides is 2. The Morgan fingerprint density at radius 2 is 2.12 bits per heavy atom. The fourth-order valence-corrected chi connectivity index (χ4v) is 2.70. The maximum Gasteiger partial charge on any atom is 0.254 e. The monoisotopic (exact) mass is 361 g/mol. The minimum atomic E-state index is -1.02. The van der Waals surface area contributed by atoms with E-state index in [1.165, 1.54) is 30.9 Å². The van der Waals surface area contributed by atoms with Crippen LogP contribution >= 0.6 is 0 Å². The first-order valence-electron chi connectivity index (χ1n) is 8.03. The minimum Gasteiger partial charge on any atom is -0.504 e. The Bertz CT molecular complexity index is 765. The maximum atomic E-state index is 12.0. The molecule has 0 saturated carbocycles. The summed E-state index contributed by atoms with van der Waals surface area (Å²) in [6, 6.07) is 3.37. The molecule has 138 valence electrons. The van der Waals surface area contributed by atoms with Crippen molar-refractivity contribution in [3.05, 3.63) is 23.8 Å². The number of fused-ring (bicyclic) bond motifs is 1. The predicted molar refractivity (Wildman–Crippen MR) is 91.8 cm³/mol. The van der Waals surface area contributed by atoms with Gasteiger partial charge in [-0.15, -0.1) is 0 Å². The fourth-order valence-electron chi connectivity index (χ4n) is 2.70. The maximum absolute atomic E-state index is 12.0. The average molecular weight is 361 g/mol. The second kappa shape index (κ2) is 7.40. The molecule has 10 nitrogen and oxygen atoms in total. The molecule has 0 bridgehead atoms. The van der Waals surface area contributed by atoms with Gasteiger partial charge in [-0.05, 0) is 17.7 Å². The van der Waals surface area contributed by atoms with E-state index in [9.17, 15) is 24.9 Å². The zero-order valence-corrected chi connectivity index (χ0v) is 13.7. The number of phenols is 2. The molecule has 1 aromatic rings. The number of hydrogen-bond donors (Lipinski definition) is 5. The molecule has 0 fully saturated rings. The molecule has 0 spiro atoms. The highest BCUT2D eigenvalue weighted by molar-refractivity contribution is 5.96. The summed E-state index contributed by atoms with van der Waals surface area (Å²) in [5.41, 5.74) is 0.373. The van der Waals surface area contributed by atoms with Gasteiger partial charge in [0.25, 0.3) is 5.91 Å². The largest absolute Gasteiger partial charge is 0.504 e. The zero-order chi connectivity index (χ0) is 18.7. The number of hydrogen-bond acceptors (Lipinski definition) is 8. The molecule has 2 heterocycles. The normalized spacial score (nSPS) is 22.0. The van der Waals surface area contributed by atoms with E-state index in [2.05, 4.69) is 20.6 Å². The van der Waals surface area contributed by atoms with Crippen molar-refractivity contribution in [2.75, 3.05) is 13.1 Å². The van der Waals surface area contributed by atoms with Crippen LogP contribution in [0.1, 0.15) is 18.1 Å². The molecule has 0 radical (unpaired) electrons. The Morgan fingerprint density at radius 1 is 1.31 bits per heavy atom. The van der Waals surface area contributed by atoms with Crippen molar-refractivity contribution in [2.45, 2.75) is 24.7 Å². The van der Waals surface area contributed by atoms with Crippen molar-refractivity contribution in [1.82, 2.24) is 15.5 Å². The molecule has 3 rings (SSSR count). The molecule has 3 unspecified atom stereocenters. The minimum absolute atomic E-state index is 0.0379. The quantitative estimate of drug-likeness (QED) is 0.404. The first kappa shape index (κ1) is 17.7. The van der Waals surface area contributed by atoms with Crippen LogP contribution in [0.3, 0.4) is 0 Å². The Balaban J connectivity index is 1.45. The van der Waals surface area contributed by atoms with E-state index in [1.807, 2.05) is 0 Å². The molecule has 1 aromatic carbocycles. The van der Waals surface area contributed by atoms with Gasteiger partial charge in [-0.25, -0.2) is 4.99 Å². The van der Waals surface area contributed by atoms with E-state index in [0.717, 1.165) is 0 Å². The van der Waals surface area contributed by atoms with Crippen molar-refractivity contribution in [1.29, 1.82) is 0 Å². The van der Waals surface area contributed by atoms with Gasteiger partial charge in [0.2, 0.25) is 5.91 Å². The summed E-state index contributed by atoms with van der Waals surface area (Å²) in [5, 5.41) is 33.8. The van der Waals surface area contributed by atoms with Crippen LogP contribution < -0.4 is 10.6 Å². The lowest BCUT2D eigenvalue weighted by Crippen LogP contribution is -2.48. The number of aliphatic hydroxyl groups excluding tert-OH is 1. The first-order valence-corrected chi connectivity index (χ1v) is 8.03. The van der Waals surface area contributed by atoms with Gasteiger partial charge in [0.1, 0.15) is 0 Å². The number of phenolic OH excluding ortho intramolecular Hbond substituents is 2. The molecule has 26 heavy (non-hydrogen) atoms. The number of aromatic hydroxyl groups is 2. The number of carbonyl (C=O) groups is 2. The van der Waals surface area contributed by atoms with Crippen molar-refractivity contribution >= 4 is 24.5 Å². The van der Waals surface area contributed by atoms with E-state index < -0.39 is 18.3 Å². The highest BCUT2D eigenvalue weighted by atomic mass is 16.3. The van der Waals surface area contributed by atoms with Crippen LogP contribution in [0.2, 0.25) is 0 Å². The summed E-state index contributed by atoms with van der Waals surface area (Å²) in [6.45, 7) is 0.293. The van der Waals surface area contributed by atoms with Crippen LogP contribution in [-0.4, -0.2) is 70.0 Å². The van der Waals surface area contributed by atoms with Gasteiger partial charge in [0.15, 0.2) is 23.7 Å². The third-order valence-corrected chi connectivity index (χ3v) is 4.17. The summed E-state index contributed by atoms with van der Waals surface area (Å²) in [6.07, 6.45) is 1.53. The SMILES string of the molecule is O=C(CCN1C=NC2C(=O)NC=NC21)NCC(O)c1ccc(O)c(O)c1. The number of nitrogens with one attached hydrogen (secondary N) is 2. The Morgan fingerprint density at radius 3 is 2.88 bits per heavy atom. The van der Waals surface area contributed by atoms with Crippen LogP contribution in [0.25, 0.3) is 0 Å². The van der Waals surface area contributed by atoms with Crippen molar-refractivity contribution in [3.8, 4) is 11.5 Å². The summed E-state index contributed by atoms with van der Waals surface area (Å²) < 4.78 is 0. The molecule has 0 aliphatic carbocycles. The summed E-state index contributed by atoms with van der Waals surface area (Å²) in [5.74, 6) is -1.14. The lowest BCUT2D eigenvalue weighted by molar-refractivity contribution is -0.121. The molecule has 0 aromatic heterocycles. The molecule has 3 atom stereocenters. The van der Waals surface area contributed by atoms with Crippen molar-refractivity contribution in [3.63, 3.8) is 0 Å². The Labute approximate surface area is 148 Å². The van der Waals surface area contributed by atoms with Crippen molar-refractivity contribution in [2.24, 2.45) is 9.98 Å². The van der Waals surface area contributed by atoms with Crippen LogP contribution in [0.4, 0.5) is 0 Å². The zero-order valence-electron chi connectivity index (χ0n) is 13.7. The number of rotatable bonds is 6. The number of aliphatic hydroxyl groups is 1. The molecule has 2 aliphatic heterocycles. The topological polar surface area (TPSA) is 147 Å². The van der Waals surface area contributed by atoms with Gasteiger partial charge in [-0.2, -0.15) is 0 Å². The number of benzene rings is 1. The number of carbonyl (C=O) groups excluding carboxylic acids is 2. The van der Waals surface area contributed by atoms with Gasteiger partial charge >= 0.3 is 0 Å². The Hall–Kier alpha value is -3.14. The van der Waals surface area contributed by atoms with Gasteiger partial charge in [-0.3, -0.25) is 14.6 Å². The van der Waals surface area contributed by atoms with E-state index >= 15 is 0 Å². The molecule has 0 saturated heterocycles. The Kier molecular flexibility index (Phi) is 5.03. The standard InChI is InChI=1S/C16H19N5O5/c22-10-2-1-9(5-11(10)23)12(24)6-17-13(25)3-4-21-8-20-14-15(21)18-7-19-16(14)26/h1-2,5,7-8,12,14-15,22-24H,3-4,6H2,(H,17,25)(H,18,19,26). The smallest absolute Gasteiger partial charge is 0.254 e. The van der Waals surface area contributed by atoms with E-state index in [4.69, 9.17) is 0 Å². The fraction of sp³-hybridized carbons (Fsp3) is 0.375. The van der Waals surface area contributed by atoms with Crippen LogP contribution in [0, 0.1) is 0 Å². The summed E-state index contributed by atoms with van der Waals surface area (Å²) >= 11 is 0. The van der Waals surface area contributed by atoms with Crippen molar-refractivity contribution < 1.29 is 24.9 Å². The second-order valence-corrected chi connectivity index (χ2v) is 5.97. The summed E-state index contributed by atoms with van der Waals surface area (Å²) in [4.78, 5) is 33.6.